The van der Waals surface area contributed by atoms with Gasteiger partial charge in [0.2, 0.25) is 5.95 Å². The van der Waals surface area contributed by atoms with Gasteiger partial charge in [-0.1, -0.05) is 6.07 Å². The molecular formula is C15H12N4O. The molecule has 0 saturated carbocycles. The van der Waals surface area contributed by atoms with Crippen LogP contribution in [0.15, 0.2) is 42.5 Å². The van der Waals surface area contributed by atoms with Crippen molar-refractivity contribution in [3.05, 3.63) is 48.0 Å². The van der Waals surface area contributed by atoms with Crippen LogP contribution in [0.25, 0.3) is 11.0 Å². The van der Waals surface area contributed by atoms with Crippen molar-refractivity contribution < 1.29 is 4.74 Å². The van der Waals surface area contributed by atoms with Crippen molar-refractivity contribution in [2.75, 3.05) is 12.4 Å². The van der Waals surface area contributed by atoms with E-state index in [1.807, 2.05) is 30.3 Å². The lowest BCUT2D eigenvalue weighted by Gasteiger charge is -2.04. The third-order valence-corrected chi connectivity index (χ3v) is 2.94. The van der Waals surface area contributed by atoms with E-state index >= 15 is 0 Å². The highest BCUT2D eigenvalue weighted by atomic mass is 16.5. The highest BCUT2D eigenvalue weighted by molar-refractivity contribution is 5.79. The highest BCUT2D eigenvalue weighted by Crippen LogP contribution is 2.22. The molecule has 2 N–H and O–H groups in total. The third kappa shape index (κ3) is 2.27. The summed E-state index contributed by atoms with van der Waals surface area (Å²) >= 11 is 0. The number of ether oxygens (including phenoxy) is 1. The molecule has 3 rings (SSSR count). The maximum Gasteiger partial charge on any atom is 0.205 e. The summed E-state index contributed by atoms with van der Waals surface area (Å²) in [5, 5.41) is 12.1. The van der Waals surface area contributed by atoms with Crippen molar-refractivity contribution >= 4 is 22.7 Å². The van der Waals surface area contributed by atoms with Gasteiger partial charge in [-0.15, -0.1) is 0 Å². The first kappa shape index (κ1) is 12.1. The number of fused-ring (bicyclic) bond motifs is 1. The first-order chi connectivity index (χ1) is 9.78. The van der Waals surface area contributed by atoms with Crippen LogP contribution < -0.4 is 10.1 Å². The van der Waals surface area contributed by atoms with Gasteiger partial charge in [-0.3, -0.25) is 0 Å². The van der Waals surface area contributed by atoms with Gasteiger partial charge < -0.3 is 15.0 Å². The molecular weight excluding hydrogens is 252 g/mol. The minimum absolute atomic E-state index is 0.606. The number of nitriles is 1. The lowest BCUT2D eigenvalue weighted by atomic mass is 10.2. The lowest BCUT2D eigenvalue weighted by Crippen LogP contribution is -1.92. The molecule has 5 heteroatoms. The number of aromatic nitrogens is 2. The van der Waals surface area contributed by atoms with Crippen molar-refractivity contribution in [2.24, 2.45) is 0 Å². The molecule has 0 amide bonds. The van der Waals surface area contributed by atoms with Gasteiger partial charge in [0.1, 0.15) is 5.75 Å². The summed E-state index contributed by atoms with van der Waals surface area (Å²) in [5.41, 5.74) is 3.13. The summed E-state index contributed by atoms with van der Waals surface area (Å²) in [4.78, 5) is 7.56. The molecule has 3 aromatic rings. The van der Waals surface area contributed by atoms with Crippen LogP contribution in [-0.4, -0.2) is 17.1 Å². The second-order valence-electron chi connectivity index (χ2n) is 4.29. The number of rotatable bonds is 3. The van der Waals surface area contributed by atoms with E-state index in [4.69, 9.17) is 10.00 Å². The van der Waals surface area contributed by atoms with Crippen molar-refractivity contribution in [1.82, 2.24) is 9.97 Å². The van der Waals surface area contributed by atoms with Crippen LogP contribution >= 0.6 is 0 Å². The number of H-pyrrole nitrogens is 1. The molecule has 0 aliphatic rings. The average Bonchev–Trinajstić information content (AvgIpc) is 2.88. The molecule has 0 fully saturated rings. The van der Waals surface area contributed by atoms with Crippen molar-refractivity contribution in [3.8, 4) is 11.8 Å². The van der Waals surface area contributed by atoms with Crippen LogP contribution in [0.4, 0.5) is 11.6 Å². The van der Waals surface area contributed by atoms with Gasteiger partial charge in [-0.2, -0.15) is 5.26 Å². The zero-order chi connectivity index (χ0) is 13.9. The molecule has 2 aromatic carbocycles. The molecule has 0 aliphatic carbocycles. The number of nitrogens with one attached hydrogen (secondary N) is 2. The van der Waals surface area contributed by atoms with Crippen LogP contribution in [0.5, 0.6) is 5.75 Å². The van der Waals surface area contributed by atoms with Gasteiger partial charge in [-0.05, 0) is 30.3 Å². The Hall–Kier alpha value is -3.00. The van der Waals surface area contributed by atoms with Gasteiger partial charge in [0.15, 0.2) is 0 Å². The Kier molecular flexibility index (Phi) is 2.98. The normalized spacial score (nSPS) is 10.2. The predicted octanol–water partition coefficient (Wildman–Crippen LogP) is 3.19. The molecule has 98 valence electrons. The van der Waals surface area contributed by atoms with Crippen LogP contribution in [0.2, 0.25) is 0 Å². The Bertz CT molecular complexity index is 801. The molecule has 5 nitrogen and oxygen atoms in total. The maximum atomic E-state index is 8.88. The lowest BCUT2D eigenvalue weighted by molar-refractivity contribution is 0.415. The van der Waals surface area contributed by atoms with Gasteiger partial charge in [0.05, 0.1) is 29.8 Å². The topological polar surface area (TPSA) is 73.7 Å². The number of imidazole rings is 1. The number of methoxy groups -OCH3 is 1. The first-order valence-electron chi connectivity index (χ1n) is 6.09. The number of benzene rings is 2. The van der Waals surface area contributed by atoms with E-state index in [0.29, 0.717) is 11.5 Å². The molecule has 0 bridgehead atoms. The smallest absolute Gasteiger partial charge is 0.205 e. The molecule has 0 radical (unpaired) electrons. The minimum atomic E-state index is 0.606. The Balaban J connectivity index is 1.92. The minimum Gasteiger partial charge on any atom is -0.497 e. The van der Waals surface area contributed by atoms with Crippen molar-refractivity contribution in [2.45, 2.75) is 0 Å². The second kappa shape index (κ2) is 4.94. The third-order valence-electron chi connectivity index (χ3n) is 2.94. The zero-order valence-electron chi connectivity index (χ0n) is 10.8. The van der Waals surface area contributed by atoms with Crippen LogP contribution in [-0.2, 0) is 0 Å². The van der Waals surface area contributed by atoms with Crippen molar-refractivity contribution in [3.63, 3.8) is 0 Å². The quantitative estimate of drug-likeness (QED) is 0.762. The number of nitrogens with zero attached hydrogens (tertiary/aromatic N) is 2. The van der Waals surface area contributed by atoms with E-state index in [1.54, 1.807) is 19.2 Å². The zero-order valence-corrected chi connectivity index (χ0v) is 10.8. The molecule has 0 unspecified atom stereocenters. The second-order valence-corrected chi connectivity index (χ2v) is 4.29. The van der Waals surface area contributed by atoms with Gasteiger partial charge in [-0.25, -0.2) is 4.98 Å². The van der Waals surface area contributed by atoms with E-state index in [0.717, 1.165) is 22.5 Å². The largest absolute Gasteiger partial charge is 0.497 e. The molecule has 0 saturated heterocycles. The molecule has 0 atom stereocenters. The standard InChI is InChI=1S/C15H12N4O/c1-20-12-4-2-3-11(8-12)17-15-18-13-6-5-10(9-16)7-14(13)19-15/h2-8H,1H3,(H2,17,18,19). The molecule has 0 spiro atoms. The SMILES string of the molecule is COc1cccc(Nc2nc3ccc(C#N)cc3[nH]2)c1. The number of anilines is 2. The number of hydrogen-bond acceptors (Lipinski definition) is 4. The summed E-state index contributed by atoms with van der Waals surface area (Å²) < 4.78 is 5.18. The Morgan fingerprint density at radius 1 is 1.25 bits per heavy atom. The van der Waals surface area contributed by atoms with Crippen LogP contribution in [0.3, 0.4) is 0 Å². The fraction of sp³-hybridized carbons (Fsp3) is 0.0667. The Morgan fingerprint density at radius 2 is 2.15 bits per heavy atom. The van der Waals surface area contributed by atoms with Crippen LogP contribution in [0, 0.1) is 11.3 Å². The van der Waals surface area contributed by atoms with E-state index in [1.165, 1.54) is 0 Å². The maximum absolute atomic E-state index is 8.88. The molecule has 20 heavy (non-hydrogen) atoms. The monoisotopic (exact) mass is 264 g/mol. The predicted molar refractivity (Wildman–Crippen MR) is 77.1 cm³/mol. The van der Waals surface area contributed by atoms with Crippen LogP contribution in [0.1, 0.15) is 5.56 Å². The number of hydrogen-bond donors (Lipinski definition) is 2. The van der Waals surface area contributed by atoms with E-state index in [2.05, 4.69) is 21.4 Å². The molecule has 1 heterocycles. The van der Waals surface area contributed by atoms with Crippen molar-refractivity contribution in [1.29, 1.82) is 5.26 Å². The fourth-order valence-electron chi connectivity index (χ4n) is 1.98. The van der Waals surface area contributed by atoms with E-state index in [9.17, 15) is 0 Å². The van der Waals surface area contributed by atoms with Gasteiger partial charge in [0.25, 0.3) is 0 Å². The average molecular weight is 264 g/mol. The molecule has 1 aromatic heterocycles. The number of aromatic amines is 1. The summed E-state index contributed by atoms with van der Waals surface area (Å²) in [6.45, 7) is 0. The summed E-state index contributed by atoms with van der Waals surface area (Å²) in [6, 6.07) is 15.0. The summed E-state index contributed by atoms with van der Waals surface area (Å²) in [6.07, 6.45) is 0. The highest BCUT2D eigenvalue weighted by Gasteiger charge is 2.04. The fourth-order valence-corrected chi connectivity index (χ4v) is 1.98. The Labute approximate surface area is 115 Å². The van der Waals surface area contributed by atoms with E-state index in [-0.39, 0.29) is 0 Å². The van der Waals surface area contributed by atoms with E-state index < -0.39 is 0 Å². The summed E-state index contributed by atoms with van der Waals surface area (Å²) in [5.74, 6) is 1.40. The van der Waals surface area contributed by atoms with Gasteiger partial charge in [0, 0.05) is 11.8 Å². The molecule has 0 aliphatic heterocycles. The first-order valence-corrected chi connectivity index (χ1v) is 6.09. The van der Waals surface area contributed by atoms with Gasteiger partial charge >= 0.3 is 0 Å². The summed E-state index contributed by atoms with van der Waals surface area (Å²) in [7, 11) is 1.63. The Morgan fingerprint density at radius 3 is 2.95 bits per heavy atom.